The fraction of sp³-hybridized carbons (Fsp3) is 0.125. The van der Waals surface area contributed by atoms with Gasteiger partial charge in [0.2, 0.25) is 0 Å². The van der Waals surface area contributed by atoms with E-state index < -0.39 is 0 Å². The van der Waals surface area contributed by atoms with Crippen molar-refractivity contribution in [1.82, 2.24) is 0 Å². The lowest BCUT2D eigenvalue weighted by Crippen LogP contribution is -2.20. The van der Waals surface area contributed by atoms with Crippen molar-refractivity contribution in [2.24, 2.45) is 0 Å². The molecule has 5 nitrogen and oxygen atoms in total. The van der Waals surface area contributed by atoms with E-state index >= 15 is 0 Å². The Hall–Kier alpha value is -3.00. The summed E-state index contributed by atoms with van der Waals surface area (Å²) in [6.45, 7) is 3.76. The molecule has 0 spiro atoms. The van der Waals surface area contributed by atoms with Gasteiger partial charge in [0.05, 0.1) is 11.6 Å². The van der Waals surface area contributed by atoms with Gasteiger partial charge in [-0.1, -0.05) is 6.07 Å². The molecule has 0 aromatic heterocycles. The normalized spacial score (nSPS) is 9.76. The quantitative estimate of drug-likeness (QED) is 0.736. The first kappa shape index (κ1) is 14.4. The highest BCUT2D eigenvalue weighted by atomic mass is 16.2. The van der Waals surface area contributed by atoms with E-state index in [1.54, 1.807) is 24.3 Å². The topological polar surface area (TPSA) is 90.9 Å². The number of hydrogen-bond donors (Lipinski definition) is 3. The number of hydrogen-bond acceptors (Lipinski definition) is 3. The van der Waals surface area contributed by atoms with Crippen molar-refractivity contribution < 1.29 is 4.79 Å². The third-order valence-electron chi connectivity index (χ3n) is 3.11. The molecular weight excluding hydrogens is 264 g/mol. The molecule has 21 heavy (non-hydrogen) atoms. The molecule has 4 N–H and O–H groups in total. The van der Waals surface area contributed by atoms with E-state index in [0.717, 1.165) is 11.1 Å². The lowest BCUT2D eigenvalue weighted by atomic mass is 10.1. The van der Waals surface area contributed by atoms with Crippen LogP contribution in [-0.4, -0.2) is 6.03 Å². The lowest BCUT2D eigenvalue weighted by Gasteiger charge is -2.12. The Labute approximate surface area is 123 Å². The van der Waals surface area contributed by atoms with Gasteiger partial charge in [-0.05, 0) is 55.3 Å². The van der Waals surface area contributed by atoms with Crippen molar-refractivity contribution in [3.05, 3.63) is 53.1 Å². The van der Waals surface area contributed by atoms with Crippen molar-refractivity contribution in [1.29, 1.82) is 5.26 Å². The molecule has 0 saturated heterocycles. The minimum atomic E-state index is -0.364. The monoisotopic (exact) mass is 280 g/mol. The highest BCUT2D eigenvalue weighted by Crippen LogP contribution is 2.22. The Kier molecular flexibility index (Phi) is 4.10. The molecule has 0 aliphatic carbocycles. The number of aryl methyl sites for hydroxylation is 2. The summed E-state index contributed by atoms with van der Waals surface area (Å²) >= 11 is 0. The fourth-order valence-corrected chi connectivity index (χ4v) is 1.92. The van der Waals surface area contributed by atoms with Gasteiger partial charge >= 0.3 is 6.03 Å². The lowest BCUT2D eigenvalue weighted by molar-refractivity contribution is 0.262. The van der Waals surface area contributed by atoms with Crippen LogP contribution in [0.4, 0.5) is 21.9 Å². The Bertz CT molecular complexity index is 732. The Balaban J connectivity index is 2.12. The van der Waals surface area contributed by atoms with Crippen LogP contribution < -0.4 is 16.4 Å². The van der Waals surface area contributed by atoms with Gasteiger partial charge < -0.3 is 16.4 Å². The van der Waals surface area contributed by atoms with Crippen LogP contribution in [0.1, 0.15) is 16.7 Å². The van der Waals surface area contributed by atoms with Crippen molar-refractivity contribution >= 4 is 23.1 Å². The molecule has 0 radical (unpaired) electrons. The molecule has 2 aromatic carbocycles. The maximum absolute atomic E-state index is 12.0. The number of carbonyl (C=O) groups is 1. The number of rotatable bonds is 2. The third-order valence-corrected chi connectivity index (χ3v) is 3.11. The number of nitrogens with one attached hydrogen (secondary N) is 2. The number of amides is 2. The fourth-order valence-electron chi connectivity index (χ4n) is 1.92. The predicted octanol–water partition coefficient (Wildman–Crippen LogP) is 3.40. The molecule has 0 heterocycles. The molecule has 0 fully saturated rings. The Morgan fingerprint density at radius 3 is 2.62 bits per heavy atom. The molecule has 0 bridgehead atoms. The summed E-state index contributed by atoms with van der Waals surface area (Å²) in [4.78, 5) is 12.0. The molecule has 0 aliphatic rings. The van der Waals surface area contributed by atoms with E-state index in [4.69, 9.17) is 11.0 Å². The average Bonchev–Trinajstić information content (AvgIpc) is 2.45. The molecule has 2 aromatic rings. The molecule has 106 valence electrons. The molecule has 0 saturated carbocycles. The van der Waals surface area contributed by atoms with Crippen molar-refractivity contribution in [3.8, 4) is 6.07 Å². The molecule has 2 amide bonds. The van der Waals surface area contributed by atoms with Crippen LogP contribution in [0.2, 0.25) is 0 Å². The van der Waals surface area contributed by atoms with Crippen molar-refractivity contribution in [2.75, 3.05) is 16.4 Å². The number of nitrogen functional groups attached to an aromatic ring is 1. The van der Waals surface area contributed by atoms with Gasteiger partial charge in [0, 0.05) is 17.1 Å². The van der Waals surface area contributed by atoms with Gasteiger partial charge in [-0.25, -0.2) is 4.79 Å². The summed E-state index contributed by atoms with van der Waals surface area (Å²) in [7, 11) is 0. The minimum absolute atomic E-state index is 0.364. The second-order valence-corrected chi connectivity index (χ2v) is 4.80. The smallest absolute Gasteiger partial charge is 0.323 e. The first-order valence-corrected chi connectivity index (χ1v) is 6.44. The number of urea groups is 1. The third kappa shape index (κ3) is 3.51. The number of anilines is 3. The van der Waals surface area contributed by atoms with Gasteiger partial charge in [0.1, 0.15) is 0 Å². The van der Waals surface area contributed by atoms with Crippen molar-refractivity contribution in [3.63, 3.8) is 0 Å². The van der Waals surface area contributed by atoms with Crippen LogP contribution in [0.25, 0.3) is 0 Å². The van der Waals surface area contributed by atoms with Gasteiger partial charge in [-0.15, -0.1) is 0 Å². The van der Waals surface area contributed by atoms with Gasteiger partial charge in [-0.2, -0.15) is 5.26 Å². The predicted molar refractivity (Wildman–Crippen MR) is 84.1 cm³/mol. The van der Waals surface area contributed by atoms with Gasteiger partial charge in [-0.3, -0.25) is 0 Å². The summed E-state index contributed by atoms with van der Waals surface area (Å²) in [6, 6.07) is 12.0. The second kappa shape index (κ2) is 5.97. The summed E-state index contributed by atoms with van der Waals surface area (Å²) < 4.78 is 0. The molecule has 0 aliphatic heterocycles. The summed E-state index contributed by atoms with van der Waals surface area (Å²) in [5.74, 6) is 0. The molecular formula is C16H16N4O. The highest BCUT2D eigenvalue weighted by molar-refractivity contribution is 6.00. The summed E-state index contributed by atoms with van der Waals surface area (Å²) in [5, 5.41) is 14.3. The van der Waals surface area contributed by atoms with Crippen LogP contribution in [0.15, 0.2) is 36.4 Å². The first-order valence-electron chi connectivity index (χ1n) is 6.44. The van der Waals surface area contributed by atoms with E-state index in [-0.39, 0.29) is 6.03 Å². The molecule has 2 rings (SSSR count). The minimum Gasteiger partial charge on any atom is -0.399 e. The first-order chi connectivity index (χ1) is 9.99. The zero-order chi connectivity index (χ0) is 15.4. The number of carbonyl (C=O) groups excluding carboxylic acids is 1. The summed E-state index contributed by atoms with van der Waals surface area (Å²) in [5.41, 5.74) is 10.1. The van der Waals surface area contributed by atoms with Gasteiger partial charge in [0.15, 0.2) is 0 Å². The SMILES string of the molecule is Cc1cc(NC(=O)Nc2cccc(C#N)c2)c(C)cc1N. The zero-order valence-electron chi connectivity index (χ0n) is 11.9. The van der Waals surface area contributed by atoms with Crippen molar-refractivity contribution in [2.45, 2.75) is 13.8 Å². The maximum Gasteiger partial charge on any atom is 0.323 e. The van der Waals surface area contributed by atoms with Crippen LogP contribution in [0.5, 0.6) is 0 Å². The van der Waals surface area contributed by atoms with E-state index in [1.807, 2.05) is 32.0 Å². The zero-order valence-corrected chi connectivity index (χ0v) is 11.9. The van der Waals surface area contributed by atoms with Gasteiger partial charge in [0.25, 0.3) is 0 Å². The number of nitrogens with two attached hydrogens (primary N) is 1. The molecule has 5 heteroatoms. The standard InChI is InChI=1S/C16H16N4O/c1-10-7-15(11(2)6-14(10)18)20-16(21)19-13-5-3-4-12(8-13)9-17/h3-8H,18H2,1-2H3,(H2,19,20,21). The second-order valence-electron chi connectivity index (χ2n) is 4.80. The van der Waals surface area contributed by atoms with E-state index in [1.165, 1.54) is 0 Å². The number of benzene rings is 2. The Morgan fingerprint density at radius 1 is 1.14 bits per heavy atom. The summed E-state index contributed by atoms with van der Waals surface area (Å²) in [6.07, 6.45) is 0. The highest BCUT2D eigenvalue weighted by Gasteiger charge is 2.07. The van der Waals surface area contributed by atoms with E-state index in [2.05, 4.69) is 10.6 Å². The molecule has 0 unspecified atom stereocenters. The van der Waals surface area contributed by atoms with E-state index in [9.17, 15) is 4.79 Å². The molecule has 0 atom stereocenters. The van der Waals surface area contributed by atoms with Crippen LogP contribution in [-0.2, 0) is 0 Å². The van der Waals surface area contributed by atoms with Crippen LogP contribution >= 0.6 is 0 Å². The van der Waals surface area contributed by atoms with Crippen LogP contribution in [0.3, 0.4) is 0 Å². The average molecular weight is 280 g/mol. The number of nitrogens with zero attached hydrogens (tertiary/aromatic N) is 1. The number of nitriles is 1. The van der Waals surface area contributed by atoms with E-state index in [0.29, 0.717) is 22.6 Å². The Morgan fingerprint density at radius 2 is 1.90 bits per heavy atom. The van der Waals surface area contributed by atoms with Crippen LogP contribution in [0, 0.1) is 25.2 Å². The maximum atomic E-state index is 12.0. The largest absolute Gasteiger partial charge is 0.399 e.